The number of ether oxygens (including phenoxy) is 2. The Labute approximate surface area is 109 Å². The van der Waals surface area contributed by atoms with E-state index in [1.54, 1.807) is 19.6 Å². The zero-order valence-corrected chi connectivity index (χ0v) is 10.4. The molecule has 5 aliphatic rings. The SMILES string of the molecule is O=C1N2COCN3C(=O)N4COCN1C41CCCC231. The van der Waals surface area contributed by atoms with Crippen LogP contribution in [0.3, 0.4) is 0 Å². The first-order chi connectivity index (χ1) is 9.23. The molecule has 0 aromatic carbocycles. The minimum atomic E-state index is -0.538. The van der Waals surface area contributed by atoms with Gasteiger partial charge in [-0.25, -0.2) is 9.59 Å². The van der Waals surface area contributed by atoms with Crippen molar-refractivity contribution in [1.29, 1.82) is 0 Å². The summed E-state index contributed by atoms with van der Waals surface area (Å²) in [6, 6.07) is -0.164. The standard InChI is InChI=1S/C11H14N4O4/c16-8-12-4-18-5-13-9(17)15-7-19-6-14(8)11(15)3-1-2-10(11,12)13/h1-7H2. The van der Waals surface area contributed by atoms with Crippen LogP contribution in [0.2, 0.25) is 0 Å². The van der Waals surface area contributed by atoms with Gasteiger partial charge < -0.3 is 9.47 Å². The highest BCUT2D eigenvalue weighted by Gasteiger charge is 2.81. The molecule has 0 aromatic heterocycles. The van der Waals surface area contributed by atoms with Gasteiger partial charge in [0, 0.05) is 0 Å². The van der Waals surface area contributed by atoms with Crippen LogP contribution in [0.5, 0.6) is 0 Å². The van der Waals surface area contributed by atoms with Crippen LogP contribution in [0.15, 0.2) is 0 Å². The van der Waals surface area contributed by atoms with E-state index < -0.39 is 11.3 Å². The second-order valence-electron chi connectivity index (χ2n) is 5.69. The number of hydrogen-bond acceptors (Lipinski definition) is 4. The van der Waals surface area contributed by atoms with E-state index in [-0.39, 0.29) is 39.0 Å². The van der Waals surface area contributed by atoms with E-state index in [0.717, 1.165) is 19.3 Å². The Morgan fingerprint density at radius 2 is 1.11 bits per heavy atom. The topological polar surface area (TPSA) is 65.6 Å². The summed E-state index contributed by atoms with van der Waals surface area (Å²) >= 11 is 0. The van der Waals surface area contributed by atoms with Gasteiger partial charge in [-0.15, -0.1) is 0 Å². The fraction of sp³-hybridized carbons (Fsp3) is 0.818. The van der Waals surface area contributed by atoms with E-state index in [4.69, 9.17) is 9.47 Å². The third kappa shape index (κ3) is 0.756. The van der Waals surface area contributed by atoms with Crippen molar-refractivity contribution >= 4 is 12.1 Å². The molecular formula is C11H14N4O4. The third-order valence-electron chi connectivity index (χ3n) is 5.28. The summed E-state index contributed by atoms with van der Waals surface area (Å²) in [6.45, 7) is 1.03. The molecule has 102 valence electrons. The summed E-state index contributed by atoms with van der Waals surface area (Å²) in [5.74, 6) is 0. The summed E-state index contributed by atoms with van der Waals surface area (Å²) < 4.78 is 10.9. The van der Waals surface area contributed by atoms with Crippen LogP contribution in [0.25, 0.3) is 0 Å². The molecule has 1 aliphatic carbocycles. The number of carbonyl (C=O) groups is 2. The average molecular weight is 266 g/mol. The lowest BCUT2D eigenvalue weighted by Gasteiger charge is -2.48. The highest BCUT2D eigenvalue weighted by atomic mass is 16.5. The second-order valence-corrected chi connectivity index (χ2v) is 5.69. The van der Waals surface area contributed by atoms with Gasteiger partial charge in [-0.1, -0.05) is 0 Å². The van der Waals surface area contributed by atoms with Gasteiger partial charge in [-0.2, -0.15) is 0 Å². The number of rotatable bonds is 0. The van der Waals surface area contributed by atoms with Crippen LogP contribution in [0, 0.1) is 0 Å². The smallest absolute Gasteiger partial charge is 0.327 e. The summed E-state index contributed by atoms with van der Waals surface area (Å²) in [4.78, 5) is 32.0. The van der Waals surface area contributed by atoms with Crippen molar-refractivity contribution in [3.63, 3.8) is 0 Å². The molecule has 4 amide bonds. The van der Waals surface area contributed by atoms with Crippen LogP contribution in [0.1, 0.15) is 19.3 Å². The van der Waals surface area contributed by atoms with E-state index >= 15 is 0 Å². The molecule has 5 fully saturated rings. The van der Waals surface area contributed by atoms with Crippen molar-refractivity contribution in [3.8, 4) is 0 Å². The molecule has 4 saturated heterocycles. The molecule has 0 radical (unpaired) electrons. The van der Waals surface area contributed by atoms with Gasteiger partial charge in [-0.05, 0) is 19.3 Å². The van der Waals surface area contributed by atoms with Crippen molar-refractivity contribution in [3.05, 3.63) is 0 Å². The van der Waals surface area contributed by atoms with E-state index in [1.807, 2.05) is 0 Å². The average Bonchev–Trinajstić information content (AvgIpc) is 2.94. The van der Waals surface area contributed by atoms with Gasteiger partial charge in [0.2, 0.25) is 0 Å². The number of carbonyl (C=O) groups excluding carboxylic acids is 2. The minimum absolute atomic E-state index is 0.0819. The largest absolute Gasteiger partial charge is 0.340 e. The first kappa shape index (κ1) is 10.3. The van der Waals surface area contributed by atoms with Crippen molar-refractivity contribution in [2.45, 2.75) is 30.6 Å². The molecule has 0 unspecified atom stereocenters. The number of amides is 4. The molecule has 5 rings (SSSR count). The molecule has 4 aliphatic heterocycles. The summed E-state index contributed by atoms with van der Waals surface area (Å²) in [6.07, 6.45) is 2.64. The first-order valence-corrected chi connectivity index (χ1v) is 6.57. The van der Waals surface area contributed by atoms with Crippen LogP contribution in [-0.2, 0) is 9.47 Å². The Hall–Kier alpha value is -1.54. The lowest BCUT2D eigenvalue weighted by Crippen LogP contribution is -2.68. The molecule has 0 aromatic rings. The summed E-state index contributed by atoms with van der Waals surface area (Å²) in [7, 11) is 0. The van der Waals surface area contributed by atoms with Crippen LogP contribution < -0.4 is 0 Å². The predicted octanol–water partition coefficient (Wildman–Crippen LogP) is -0.0715. The third-order valence-corrected chi connectivity index (χ3v) is 5.28. The molecule has 2 spiro atoms. The summed E-state index contributed by atoms with van der Waals surface area (Å²) in [5.41, 5.74) is -1.08. The molecule has 0 atom stereocenters. The normalized spacial score (nSPS) is 43.2. The number of urea groups is 2. The van der Waals surface area contributed by atoms with Gasteiger partial charge in [-0.3, -0.25) is 19.6 Å². The highest BCUT2D eigenvalue weighted by Crippen LogP contribution is 2.61. The van der Waals surface area contributed by atoms with E-state index in [2.05, 4.69) is 0 Å². The zero-order valence-electron chi connectivity index (χ0n) is 10.4. The van der Waals surface area contributed by atoms with Gasteiger partial charge >= 0.3 is 12.1 Å². The molecule has 8 heteroatoms. The Kier molecular flexibility index (Phi) is 1.52. The van der Waals surface area contributed by atoms with E-state index in [0.29, 0.717) is 0 Å². The summed E-state index contributed by atoms with van der Waals surface area (Å²) in [5, 5.41) is 0. The van der Waals surface area contributed by atoms with Gasteiger partial charge in [0.25, 0.3) is 0 Å². The zero-order chi connectivity index (χ0) is 12.8. The van der Waals surface area contributed by atoms with E-state index in [9.17, 15) is 9.59 Å². The quantitative estimate of drug-likeness (QED) is 0.615. The second kappa shape index (κ2) is 2.80. The molecule has 0 bridgehead atoms. The van der Waals surface area contributed by atoms with Gasteiger partial charge in [0.05, 0.1) is 0 Å². The fourth-order valence-corrected chi connectivity index (χ4v) is 4.70. The van der Waals surface area contributed by atoms with Crippen LogP contribution in [0.4, 0.5) is 9.59 Å². The van der Waals surface area contributed by atoms with Gasteiger partial charge in [0.1, 0.15) is 26.9 Å². The molecule has 1 saturated carbocycles. The Bertz CT molecular complexity index is 437. The molecular weight excluding hydrogens is 252 g/mol. The Morgan fingerprint density at radius 1 is 0.737 bits per heavy atom. The van der Waals surface area contributed by atoms with Crippen LogP contribution in [-0.4, -0.2) is 69.9 Å². The lowest BCUT2D eigenvalue weighted by molar-refractivity contribution is -0.185. The maximum Gasteiger partial charge on any atom is 0.327 e. The molecule has 4 heterocycles. The highest BCUT2D eigenvalue weighted by molar-refractivity contribution is 5.89. The van der Waals surface area contributed by atoms with Crippen molar-refractivity contribution in [1.82, 2.24) is 19.6 Å². The lowest BCUT2D eigenvalue weighted by atomic mass is 9.95. The fourth-order valence-electron chi connectivity index (χ4n) is 4.70. The minimum Gasteiger partial charge on any atom is -0.340 e. The van der Waals surface area contributed by atoms with E-state index in [1.165, 1.54) is 0 Å². The Balaban J connectivity index is 1.82. The maximum atomic E-state index is 12.6. The molecule has 19 heavy (non-hydrogen) atoms. The molecule has 8 nitrogen and oxygen atoms in total. The van der Waals surface area contributed by atoms with Crippen LogP contribution >= 0.6 is 0 Å². The monoisotopic (exact) mass is 266 g/mol. The number of nitrogens with zero attached hydrogens (tertiary/aromatic N) is 4. The van der Waals surface area contributed by atoms with Gasteiger partial charge in [0.15, 0.2) is 11.3 Å². The predicted molar refractivity (Wildman–Crippen MR) is 59.1 cm³/mol. The number of hydrogen-bond donors (Lipinski definition) is 0. The van der Waals surface area contributed by atoms with Crippen molar-refractivity contribution in [2.24, 2.45) is 0 Å². The maximum absolute atomic E-state index is 12.6. The molecule has 0 N–H and O–H groups in total. The van der Waals surface area contributed by atoms with Crippen molar-refractivity contribution < 1.29 is 19.1 Å². The van der Waals surface area contributed by atoms with Crippen molar-refractivity contribution in [2.75, 3.05) is 26.9 Å². The Morgan fingerprint density at radius 3 is 1.47 bits per heavy atom. The first-order valence-electron chi connectivity index (χ1n) is 6.57.